The fourth-order valence-electron chi connectivity index (χ4n) is 6.56. The number of aromatic nitrogens is 4. The number of rotatable bonds is 6. The van der Waals surface area contributed by atoms with Gasteiger partial charge in [0.15, 0.2) is 0 Å². The smallest absolute Gasteiger partial charge is 0.251 e. The summed E-state index contributed by atoms with van der Waals surface area (Å²) in [7, 11) is 0. The molecule has 2 fully saturated rings. The topological polar surface area (TPSA) is 201 Å². The molecule has 1 aromatic heterocycles. The van der Waals surface area contributed by atoms with E-state index in [4.69, 9.17) is 0 Å². The third kappa shape index (κ3) is 10.1. The van der Waals surface area contributed by atoms with Gasteiger partial charge in [-0.05, 0) is 89.9 Å². The number of fused-ring (bicyclic) bond motifs is 1. The van der Waals surface area contributed by atoms with Gasteiger partial charge >= 0.3 is 0 Å². The molecule has 2 aliphatic rings. The Labute approximate surface area is 296 Å². The molecule has 5 rings (SSSR count). The highest BCUT2D eigenvalue weighted by Crippen LogP contribution is 2.23. The van der Waals surface area contributed by atoms with Crippen LogP contribution in [0.15, 0.2) is 54.9 Å². The molecule has 15 heteroatoms. The Morgan fingerprint density at radius 1 is 1.00 bits per heavy atom. The minimum absolute atomic E-state index is 0.0227. The first kappa shape index (κ1) is 36.9. The second kappa shape index (κ2) is 17.1. The largest absolute Gasteiger partial charge is 0.508 e. The monoisotopic (exact) mass is 701 g/mol. The van der Waals surface area contributed by atoms with Crippen LogP contribution >= 0.6 is 0 Å². The van der Waals surface area contributed by atoms with Crippen LogP contribution in [0, 0.1) is 11.8 Å². The van der Waals surface area contributed by atoms with E-state index in [1.165, 1.54) is 23.1 Å². The third-order valence-electron chi connectivity index (χ3n) is 9.53. The van der Waals surface area contributed by atoms with Crippen LogP contribution in [-0.4, -0.2) is 97.0 Å². The average molecular weight is 702 g/mol. The Balaban J connectivity index is 1.29. The molecule has 5 amide bonds. The number of amides is 5. The highest BCUT2D eigenvalue weighted by molar-refractivity contribution is 5.95. The zero-order chi connectivity index (χ0) is 36.5. The molecular formula is C36H47N9O6. The number of phenolic OH excluding ortho intramolecular Hbond substituents is 1. The second-order valence-electron chi connectivity index (χ2n) is 13.9. The van der Waals surface area contributed by atoms with Crippen molar-refractivity contribution in [3.8, 4) is 11.4 Å². The quantitative estimate of drug-likeness (QED) is 0.254. The summed E-state index contributed by atoms with van der Waals surface area (Å²) >= 11 is 0. The van der Waals surface area contributed by atoms with Crippen molar-refractivity contribution >= 4 is 29.5 Å². The lowest BCUT2D eigenvalue weighted by Gasteiger charge is -2.29. The summed E-state index contributed by atoms with van der Waals surface area (Å²) in [6, 6.07) is 11.0. The van der Waals surface area contributed by atoms with Gasteiger partial charge in [0.25, 0.3) is 5.91 Å². The molecule has 51 heavy (non-hydrogen) atoms. The molecule has 0 spiro atoms. The van der Waals surface area contributed by atoms with Crippen LogP contribution in [0.4, 0.5) is 0 Å². The van der Waals surface area contributed by atoms with E-state index < -0.39 is 18.1 Å². The molecule has 5 N–H and O–H groups in total. The first-order chi connectivity index (χ1) is 24.5. The number of hydrogen-bond donors (Lipinski definition) is 5. The Hall–Kier alpha value is -5.34. The maximum atomic E-state index is 13.8. The maximum absolute atomic E-state index is 13.8. The molecule has 5 atom stereocenters. The van der Waals surface area contributed by atoms with Crippen LogP contribution in [0.3, 0.4) is 0 Å². The van der Waals surface area contributed by atoms with Crippen molar-refractivity contribution in [2.45, 2.75) is 89.9 Å². The summed E-state index contributed by atoms with van der Waals surface area (Å²) in [5.41, 5.74) is 1.88. The number of hydrogen-bond acceptors (Lipinski definition) is 9. The first-order valence-electron chi connectivity index (χ1n) is 17.6. The van der Waals surface area contributed by atoms with Crippen LogP contribution in [0.1, 0.15) is 75.2 Å². The fraction of sp³-hybridized carbons (Fsp3) is 0.500. The van der Waals surface area contributed by atoms with Gasteiger partial charge in [0.05, 0.1) is 5.69 Å². The lowest BCUT2D eigenvalue weighted by molar-refractivity contribution is -0.139. The van der Waals surface area contributed by atoms with E-state index in [9.17, 15) is 29.1 Å². The van der Waals surface area contributed by atoms with E-state index >= 15 is 0 Å². The highest BCUT2D eigenvalue weighted by atomic mass is 16.3. The Morgan fingerprint density at radius 2 is 1.75 bits per heavy atom. The summed E-state index contributed by atoms with van der Waals surface area (Å²) in [4.78, 5) is 68.6. The molecule has 0 unspecified atom stereocenters. The van der Waals surface area contributed by atoms with E-state index in [2.05, 4.69) is 36.8 Å². The third-order valence-corrected chi connectivity index (χ3v) is 9.53. The molecule has 0 saturated carbocycles. The van der Waals surface area contributed by atoms with Crippen molar-refractivity contribution in [3.63, 3.8) is 0 Å². The van der Waals surface area contributed by atoms with E-state index in [1.807, 2.05) is 20.8 Å². The summed E-state index contributed by atoms with van der Waals surface area (Å²) in [5, 5.41) is 32.7. The van der Waals surface area contributed by atoms with Crippen molar-refractivity contribution in [2.24, 2.45) is 11.8 Å². The van der Waals surface area contributed by atoms with Gasteiger partial charge in [0.2, 0.25) is 23.6 Å². The van der Waals surface area contributed by atoms with E-state index in [1.54, 1.807) is 41.3 Å². The number of aromatic hydroxyl groups is 1. The predicted molar refractivity (Wildman–Crippen MR) is 186 cm³/mol. The SMILES string of the molecule is CC(C)[C@@H]1CC[C@@H](C)CC(=O)N[C@@H](Cc2ccc(O)cc2)C(=O)NCCCC(=O)N2C[C@H](NC(=O)c3ccc(-n4cnnn4)cc3)C[C@H]2C(=O)N1. The molecule has 0 radical (unpaired) electrons. The number of nitrogens with one attached hydrogen (secondary N) is 4. The van der Waals surface area contributed by atoms with E-state index in [0.29, 0.717) is 30.5 Å². The summed E-state index contributed by atoms with van der Waals surface area (Å²) < 4.78 is 1.47. The molecule has 3 aromatic rings. The minimum Gasteiger partial charge on any atom is -0.508 e. The molecular weight excluding hydrogens is 654 g/mol. The van der Waals surface area contributed by atoms with Crippen LogP contribution in [0.2, 0.25) is 0 Å². The Kier molecular flexibility index (Phi) is 12.3. The van der Waals surface area contributed by atoms with Gasteiger partial charge in [0, 0.05) is 50.0 Å². The van der Waals surface area contributed by atoms with Crippen molar-refractivity contribution < 1.29 is 29.1 Å². The first-order valence-corrected chi connectivity index (χ1v) is 17.6. The molecule has 15 nitrogen and oxygen atoms in total. The molecule has 0 aliphatic carbocycles. The number of benzene rings is 2. The molecule has 0 bridgehead atoms. The maximum Gasteiger partial charge on any atom is 0.251 e. The van der Waals surface area contributed by atoms with Crippen molar-refractivity contribution in [1.29, 1.82) is 0 Å². The molecule has 3 heterocycles. The number of nitrogens with zero attached hydrogens (tertiary/aromatic N) is 5. The van der Waals surface area contributed by atoms with E-state index in [-0.39, 0.29) is 91.9 Å². The van der Waals surface area contributed by atoms with Crippen LogP contribution in [0.25, 0.3) is 5.69 Å². The van der Waals surface area contributed by atoms with Gasteiger partial charge in [-0.15, -0.1) is 5.10 Å². The molecule has 2 aliphatic heterocycles. The average Bonchev–Trinajstić information content (AvgIpc) is 3.80. The zero-order valence-electron chi connectivity index (χ0n) is 29.2. The lowest BCUT2D eigenvalue weighted by atomic mass is 9.92. The van der Waals surface area contributed by atoms with Crippen LogP contribution in [-0.2, 0) is 25.6 Å². The predicted octanol–water partition coefficient (Wildman–Crippen LogP) is 1.65. The van der Waals surface area contributed by atoms with Crippen molar-refractivity contribution in [2.75, 3.05) is 13.1 Å². The van der Waals surface area contributed by atoms with Gasteiger partial charge in [-0.3, -0.25) is 24.0 Å². The fourth-order valence-corrected chi connectivity index (χ4v) is 6.56. The highest BCUT2D eigenvalue weighted by Gasteiger charge is 2.40. The molecule has 2 aromatic carbocycles. The van der Waals surface area contributed by atoms with Gasteiger partial charge in [0.1, 0.15) is 24.2 Å². The zero-order valence-corrected chi connectivity index (χ0v) is 29.2. The van der Waals surface area contributed by atoms with Gasteiger partial charge < -0.3 is 31.3 Å². The normalized spacial score (nSPS) is 24.2. The van der Waals surface area contributed by atoms with Crippen LogP contribution < -0.4 is 21.3 Å². The van der Waals surface area contributed by atoms with Crippen LogP contribution in [0.5, 0.6) is 5.75 Å². The summed E-state index contributed by atoms with van der Waals surface area (Å²) in [6.45, 7) is 6.36. The lowest BCUT2D eigenvalue weighted by Crippen LogP contribution is -2.50. The molecule has 2 saturated heterocycles. The summed E-state index contributed by atoms with van der Waals surface area (Å²) in [5.74, 6) is -1.30. The number of carbonyl (C=O) groups excluding carboxylic acids is 5. The number of tetrazole rings is 1. The summed E-state index contributed by atoms with van der Waals surface area (Å²) in [6.07, 6.45) is 3.82. The van der Waals surface area contributed by atoms with Crippen molar-refractivity contribution in [1.82, 2.24) is 46.4 Å². The van der Waals surface area contributed by atoms with E-state index in [0.717, 1.165) is 5.56 Å². The van der Waals surface area contributed by atoms with Gasteiger partial charge in [-0.2, -0.15) is 0 Å². The standard InChI is InChI=1S/C36H47N9O6/c1-22(2)29-15-6-23(3)17-32(47)40-30(18-24-7-13-28(46)14-8-24)35(50)37-16-4-5-33(48)44-20-26(19-31(44)36(51)41-29)39-34(49)25-9-11-27(12-10-25)45-21-38-42-43-45/h7-14,21-23,26,29-31,46H,4-6,15-20H2,1-3H3,(H,37,50)(H,39,49)(H,40,47)(H,41,51)/t23-,26-,29+,30+,31+/m1/s1. The second-order valence-corrected chi connectivity index (χ2v) is 13.9. The number of phenols is 1. The minimum atomic E-state index is -0.838. The number of carbonyl (C=O) groups is 5. The molecule has 272 valence electrons. The Bertz CT molecular complexity index is 1660. The van der Waals surface area contributed by atoms with Crippen molar-refractivity contribution in [3.05, 3.63) is 66.0 Å². The van der Waals surface area contributed by atoms with Gasteiger partial charge in [-0.1, -0.05) is 32.9 Å². The Morgan fingerprint density at radius 3 is 2.43 bits per heavy atom. The van der Waals surface area contributed by atoms with Gasteiger partial charge in [-0.25, -0.2) is 4.68 Å².